The van der Waals surface area contributed by atoms with Crippen molar-refractivity contribution in [1.29, 1.82) is 0 Å². The molecule has 4 heteroatoms. The molecule has 0 unspecified atom stereocenters. The van der Waals surface area contributed by atoms with Crippen LogP contribution in [0.2, 0.25) is 0 Å². The molecule has 0 aliphatic carbocycles. The lowest BCUT2D eigenvalue weighted by Gasteiger charge is -2.08. The molecule has 0 saturated carbocycles. The molecule has 0 spiro atoms. The van der Waals surface area contributed by atoms with Crippen molar-refractivity contribution in [1.82, 2.24) is 5.32 Å². The third-order valence-electron chi connectivity index (χ3n) is 2.30. The SMILES string of the molecule is C[C@H](CO)NC(=O)c1cc2ccccc2o1. The van der Waals surface area contributed by atoms with Gasteiger partial charge in [-0.25, -0.2) is 0 Å². The third kappa shape index (κ3) is 2.06. The van der Waals surface area contributed by atoms with Crippen LogP contribution in [0.3, 0.4) is 0 Å². The van der Waals surface area contributed by atoms with Crippen LogP contribution < -0.4 is 5.32 Å². The summed E-state index contributed by atoms with van der Waals surface area (Å²) >= 11 is 0. The third-order valence-corrected chi connectivity index (χ3v) is 2.30. The molecule has 0 aliphatic heterocycles. The molecule has 2 aromatic rings. The van der Waals surface area contributed by atoms with E-state index in [1.165, 1.54) is 0 Å². The van der Waals surface area contributed by atoms with Gasteiger partial charge in [-0.1, -0.05) is 18.2 Å². The standard InChI is InChI=1S/C12H13NO3/c1-8(7-14)13-12(15)11-6-9-4-2-3-5-10(9)16-11/h2-6,8,14H,7H2,1H3,(H,13,15)/t8-/m1/s1. The highest BCUT2D eigenvalue weighted by Gasteiger charge is 2.13. The number of para-hydroxylation sites is 1. The average Bonchev–Trinajstić information content (AvgIpc) is 2.72. The predicted octanol–water partition coefficient (Wildman–Crippen LogP) is 1.54. The van der Waals surface area contributed by atoms with Crippen LogP contribution in [0.5, 0.6) is 0 Å². The minimum absolute atomic E-state index is 0.0913. The molecule has 0 aliphatic rings. The number of aliphatic hydroxyl groups excluding tert-OH is 1. The fourth-order valence-electron chi connectivity index (χ4n) is 1.43. The summed E-state index contributed by atoms with van der Waals surface area (Å²) in [5, 5.41) is 12.3. The summed E-state index contributed by atoms with van der Waals surface area (Å²) in [7, 11) is 0. The van der Waals surface area contributed by atoms with Gasteiger partial charge in [0.1, 0.15) is 5.58 Å². The molecular weight excluding hydrogens is 206 g/mol. The van der Waals surface area contributed by atoms with Gasteiger partial charge in [-0.05, 0) is 19.1 Å². The van der Waals surface area contributed by atoms with Gasteiger partial charge in [0.25, 0.3) is 5.91 Å². The van der Waals surface area contributed by atoms with Crippen LogP contribution in [0.4, 0.5) is 0 Å². The molecule has 0 fully saturated rings. The number of furan rings is 1. The minimum atomic E-state index is -0.308. The zero-order chi connectivity index (χ0) is 11.5. The van der Waals surface area contributed by atoms with Crippen LogP contribution in [-0.2, 0) is 0 Å². The Labute approximate surface area is 92.9 Å². The second-order valence-electron chi connectivity index (χ2n) is 3.71. The Bertz CT molecular complexity index is 471. The van der Waals surface area contributed by atoms with E-state index in [9.17, 15) is 4.79 Å². The largest absolute Gasteiger partial charge is 0.451 e. The maximum Gasteiger partial charge on any atom is 0.287 e. The minimum Gasteiger partial charge on any atom is -0.451 e. The van der Waals surface area contributed by atoms with Crippen molar-refractivity contribution in [2.45, 2.75) is 13.0 Å². The number of rotatable bonds is 3. The van der Waals surface area contributed by atoms with Gasteiger partial charge in [0.05, 0.1) is 6.61 Å². The molecule has 1 atom stereocenters. The van der Waals surface area contributed by atoms with Crippen LogP contribution in [0, 0.1) is 0 Å². The summed E-state index contributed by atoms with van der Waals surface area (Å²) in [5.74, 6) is -0.0424. The lowest BCUT2D eigenvalue weighted by Crippen LogP contribution is -2.34. The number of hydrogen-bond donors (Lipinski definition) is 2. The van der Waals surface area contributed by atoms with E-state index >= 15 is 0 Å². The van der Waals surface area contributed by atoms with Crippen molar-refractivity contribution < 1.29 is 14.3 Å². The van der Waals surface area contributed by atoms with Crippen molar-refractivity contribution in [2.75, 3.05) is 6.61 Å². The monoisotopic (exact) mass is 219 g/mol. The Balaban J connectivity index is 2.23. The second kappa shape index (κ2) is 4.37. The van der Waals surface area contributed by atoms with Crippen molar-refractivity contribution in [3.8, 4) is 0 Å². The van der Waals surface area contributed by atoms with E-state index in [4.69, 9.17) is 9.52 Å². The molecule has 1 aromatic carbocycles. The van der Waals surface area contributed by atoms with E-state index in [1.807, 2.05) is 24.3 Å². The first kappa shape index (κ1) is 10.7. The fourth-order valence-corrected chi connectivity index (χ4v) is 1.43. The molecule has 4 nitrogen and oxygen atoms in total. The van der Waals surface area contributed by atoms with Gasteiger partial charge >= 0.3 is 0 Å². The van der Waals surface area contributed by atoms with Crippen LogP contribution in [0.25, 0.3) is 11.0 Å². The van der Waals surface area contributed by atoms with E-state index in [0.29, 0.717) is 5.58 Å². The second-order valence-corrected chi connectivity index (χ2v) is 3.71. The molecule has 84 valence electrons. The first-order valence-corrected chi connectivity index (χ1v) is 5.11. The van der Waals surface area contributed by atoms with Crippen molar-refractivity contribution >= 4 is 16.9 Å². The quantitative estimate of drug-likeness (QED) is 0.823. The number of amides is 1. The summed E-state index contributed by atoms with van der Waals surface area (Å²) < 4.78 is 5.38. The first-order chi connectivity index (χ1) is 7.70. The lowest BCUT2D eigenvalue weighted by atomic mass is 10.2. The fraction of sp³-hybridized carbons (Fsp3) is 0.250. The van der Waals surface area contributed by atoms with Crippen LogP contribution in [0.15, 0.2) is 34.7 Å². The number of fused-ring (bicyclic) bond motifs is 1. The highest BCUT2D eigenvalue weighted by Crippen LogP contribution is 2.18. The highest BCUT2D eigenvalue weighted by atomic mass is 16.3. The van der Waals surface area contributed by atoms with Gasteiger partial charge in [0.15, 0.2) is 5.76 Å². The van der Waals surface area contributed by atoms with E-state index in [2.05, 4.69) is 5.32 Å². The zero-order valence-corrected chi connectivity index (χ0v) is 8.93. The molecule has 0 radical (unpaired) electrons. The molecule has 1 aromatic heterocycles. The molecule has 2 rings (SSSR count). The van der Waals surface area contributed by atoms with Gasteiger partial charge in [0.2, 0.25) is 0 Å². The highest BCUT2D eigenvalue weighted by molar-refractivity contribution is 5.96. The molecule has 2 N–H and O–H groups in total. The zero-order valence-electron chi connectivity index (χ0n) is 8.93. The van der Waals surface area contributed by atoms with Gasteiger partial charge < -0.3 is 14.8 Å². The summed E-state index contributed by atoms with van der Waals surface area (Å²) in [6.45, 7) is 1.63. The molecule has 1 amide bonds. The van der Waals surface area contributed by atoms with Crippen molar-refractivity contribution in [2.24, 2.45) is 0 Å². The lowest BCUT2D eigenvalue weighted by molar-refractivity contribution is 0.0896. The number of carbonyl (C=O) groups is 1. The van der Waals surface area contributed by atoms with Gasteiger partial charge in [-0.15, -0.1) is 0 Å². The maximum atomic E-state index is 11.7. The average molecular weight is 219 g/mol. The number of hydrogen-bond acceptors (Lipinski definition) is 3. The Hall–Kier alpha value is -1.81. The van der Waals surface area contributed by atoms with Crippen LogP contribution in [-0.4, -0.2) is 23.7 Å². The summed E-state index contributed by atoms with van der Waals surface area (Å²) in [4.78, 5) is 11.7. The predicted molar refractivity (Wildman–Crippen MR) is 60.2 cm³/mol. The maximum absolute atomic E-state index is 11.7. The topological polar surface area (TPSA) is 62.5 Å². The van der Waals surface area contributed by atoms with Gasteiger partial charge in [0, 0.05) is 11.4 Å². The van der Waals surface area contributed by atoms with Gasteiger partial charge in [-0.2, -0.15) is 0 Å². The van der Waals surface area contributed by atoms with E-state index in [0.717, 1.165) is 5.39 Å². The van der Waals surface area contributed by atoms with Crippen LogP contribution in [0.1, 0.15) is 17.5 Å². The number of aliphatic hydroxyl groups is 1. The Kier molecular flexibility index (Phi) is 2.92. The van der Waals surface area contributed by atoms with E-state index in [-0.39, 0.29) is 24.3 Å². The molecule has 0 saturated heterocycles. The Morgan fingerprint density at radius 3 is 2.94 bits per heavy atom. The van der Waals surface area contributed by atoms with Gasteiger partial charge in [-0.3, -0.25) is 4.79 Å². The van der Waals surface area contributed by atoms with E-state index in [1.54, 1.807) is 13.0 Å². The number of carbonyl (C=O) groups excluding carboxylic acids is 1. The van der Waals surface area contributed by atoms with Crippen molar-refractivity contribution in [3.63, 3.8) is 0 Å². The Morgan fingerprint density at radius 2 is 2.25 bits per heavy atom. The molecular formula is C12H13NO3. The number of nitrogens with one attached hydrogen (secondary N) is 1. The number of benzene rings is 1. The summed E-state index contributed by atoms with van der Waals surface area (Å²) in [6.07, 6.45) is 0. The summed E-state index contributed by atoms with van der Waals surface area (Å²) in [6, 6.07) is 8.84. The molecule has 0 bridgehead atoms. The Morgan fingerprint density at radius 1 is 1.50 bits per heavy atom. The molecule has 16 heavy (non-hydrogen) atoms. The summed E-state index contributed by atoms with van der Waals surface area (Å²) in [5.41, 5.74) is 0.685. The first-order valence-electron chi connectivity index (χ1n) is 5.11. The molecule has 1 heterocycles. The smallest absolute Gasteiger partial charge is 0.287 e. The van der Waals surface area contributed by atoms with Crippen LogP contribution >= 0.6 is 0 Å². The van der Waals surface area contributed by atoms with E-state index < -0.39 is 0 Å². The normalized spacial score (nSPS) is 12.6. The van der Waals surface area contributed by atoms with Crippen molar-refractivity contribution in [3.05, 3.63) is 36.1 Å².